The average molecular weight is 397 g/mol. The highest BCUT2D eigenvalue weighted by Gasteiger charge is 2.24. The number of rotatable bonds is 5. The molecule has 0 bridgehead atoms. The van der Waals surface area contributed by atoms with Gasteiger partial charge in [0.25, 0.3) is 0 Å². The molecule has 1 amide bonds. The predicted molar refractivity (Wildman–Crippen MR) is 110 cm³/mol. The molecular formula is C20H20N4OS2. The highest BCUT2D eigenvalue weighted by molar-refractivity contribution is 7.99. The van der Waals surface area contributed by atoms with Gasteiger partial charge in [0.15, 0.2) is 5.16 Å². The van der Waals surface area contributed by atoms with E-state index in [1.807, 2.05) is 24.3 Å². The Hall–Kier alpha value is -2.30. The van der Waals surface area contributed by atoms with Crippen LogP contribution < -0.4 is 5.32 Å². The maximum Gasteiger partial charge on any atom is 0.225 e. The summed E-state index contributed by atoms with van der Waals surface area (Å²) in [6.07, 6.45) is 3.44. The number of thiophene rings is 1. The molecule has 3 aromatic rings. The van der Waals surface area contributed by atoms with Crippen molar-refractivity contribution < 1.29 is 4.79 Å². The summed E-state index contributed by atoms with van der Waals surface area (Å²) >= 11 is 3.11. The monoisotopic (exact) mass is 396 g/mol. The van der Waals surface area contributed by atoms with Crippen LogP contribution in [-0.4, -0.2) is 21.6 Å². The van der Waals surface area contributed by atoms with Gasteiger partial charge in [0.2, 0.25) is 5.91 Å². The maximum absolute atomic E-state index is 12.4. The number of thioether (sulfide) groups is 1. The quantitative estimate of drug-likeness (QED) is 0.610. The zero-order valence-electron chi connectivity index (χ0n) is 15.0. The molecule has 0 saturated carbocycles. The SMILES string of the molecule is CC1CCc2c(sc(NC(=O)CCSc3nc4ccccc4[nH]3)c2C#N)C1. The van der Waals surface area contributed by atoms with E-state index in [-0.39, 0.29) is 5.91 Å². The van der Waals surface area contributed by atoms with Gasteiger partial charge < -0.3 is 10.3 Å². The van der Waals surface area contributed by atoms with Crippen LogP contribution >= 0.6 is 23.1 Å². The van der Waals surface area contributed by atoms with Crippen LogP contribution in [0.4, 0.5) is 5.00 Å². The topological polar surface area (TPSA) is 81.6 Å². The summed E-state index contributed by atoms with van der Waals surface area (Å²) in [5.41, 5.74) is 3.75. The summed E-state index contributed by atoms with van der Waals surface area (Å²) in [6, 6.07) is 10.2. The largest absolute Gasteiger partial charge is 0.333 e. The second kappa shape index (κ2) is 7.75. The molecule has 1 aliphatic carbocycles. The molecule has 0 aliphatic heterocycles. The number of amides is 1. The van der Waals surface area contributed by atoms with E-state index in [0.29, 0.717) is 23.7 Å². The number of aromatic amines is 1. The molecule has 0 spiro atoms. The summed E-state index contributed by atoms with van der Waals surface area (Å²) in [5, 5.41) is 14.0. The van der Waals surface area contributed by atoms with E-state index >= 15 is 0 Å². The molecule has 1 unspecified atom stereocenters. The molecule has 4 rings (SSSR count). The minimum atomic E-state index is -0.0539. The number of para-hydroxylation sites is 2. The first-order valence-corrected chi connectivity index (χ1v) is 10.9. The van der Waals surface area contributed by atoms with Gasteiger partial charge in [-0.15, -0.1) is 11.3 Å². The van der Waals surface area contributed by atoms with Gasteiger partial charge in [-0.05, 0) is 42.9 Å². The van der Waals surface area contributed by atoms with E-state index in [4.69, 9.17) is 0 Å². The number of anilines is 1. The molecule has 0 radical (unpaired) electrons. The highest BCUT2D eigenvalue weighted by atomic mass is 32.2. The molecule has 0 fully saturated rings. The minimum absolute atomic E-state index is 0.0539. The Morgan fingerprint density at radius 1 is 1.48 bits per heavy atom. The van der Waals surface area contributed by atoms with Gasteiger partial charge in [0.05, 0.1) is 16.6 Å². The number of H-pyrrole nitrogens is 1. The Kier molecular flexibility index (Phi) is 5.19. The van der Waals surface area contributed by atoms with Crippen molar-refractivity contribution in [3.63, 3.8) is 0 Å². The van der Waals surface area contributed by atoms with Gasteiger partial charge in [0, 0.05) is 17.1 Å². The van der Waals surface area contributed by atoms with Crippen molar-refractivity contribution in [2.75, 3.05) is 11.1 Å². The van der Waals surface area contributed by atoms with Gasteiger partial charge in [-0.3, -0.25) is 4.79 Å². The number of carbonyl (C=O) groups excluding carboxylic acids is 1. The van der Waals surface area contributed by atoms with Crippen molar-refractivity contribution in [2.45, 2.75) is 37.8 Å². The molecule has 27 heavy (non-hydrogen) atoms. The zero-order chi connectivity index (χ0) is 18.8. The summed E-state index contributed by atoms with van der Waals surface area (Å²) in [6.45, 7) is 2.24. The number of nitrogens with one attached hydrogen (secondary N) is 2. The highest BCUT2D eigenvalue weighted by Crippen LogP contribution is 2.39. The first kappa shape index (κ1) is 18.1. The second-order valence-corrected chi connectivity index (χ2v) is 9.06. The molecule has 0 saturated heterocycles. The van der Waals surface area contributed by atoms with E-state index in [9.17, 15) is 10.1 Å². The number of imidazole rings is 1. The first-order valence-electron chi connectivity index (χ1n) is 9.06. The van der Waals surface area contributed by atoms with Gasteiger partial charge in [-0.2, -0.15) is 5.26 Å². The Bertz CT molecular complexity index is 997. The Labute approximate surface area is 166 Å². The smallest absolute Gasteiger partial charge is 0.225 e. The van der Waals surface area contributed by atoms with Gasteiger partial charge >= 0.3 is 0 Å². The van der Waals surface area contributed by atoms with E-state index < -0.39 is 0 Å². The Morgan fingerprint density at radius 3 is 3.15 bits per heavy atom. The van der Waals surface area contributed by atoms with E-state index in [1.54, 1.807) is 11.3 Å². The van der Waals surface area contributed by atoms with Crippen LogP contribution in [0.25, 0.3) is 11.0 Å². The number of hydrogen-bond acceptors (Lipinski definition) is 5. The third kappa shape index (κ3) is 3.87. The molecule has 138 valence electrons. The fourth-order valence-corrected chi connectivity index (χ4v) is 5.59. The Balaban J connectivity index is 1.36. The van der Waals surface area contributed by atoms with Crippen LogP contribution in [0, 0.1) is 17.2 Å². The number of hydrogen-bond donors (Lipinski definition) is 2. The van der Waals surface area contributed by atoms with Crippen LogP contribution in [0.5, 0.6) is 0 Å². The first-order chi connectivity index (χ1) is 13.1. The third-order valence-corrected chi connectivity index (χ3v) is 6.86. The number of aromatic nitrogens is 2. The van der Waals surface area contributed by atoms with Crippen molar-refractivity contribution in [1.82, 2.24) is 9.97 Å². The van der Waals surface area contributed by atoms with Crippen molar-refractivity contribution in [3.8, 4) is 6.07 Å². The molecular weight excluding hydrogens is 376 g/mol. The van der Waals surface area contributed by atoms with Gasteiger partial charge in [0.1, 0.15) is 11.1 Å². The van der Waals surface area contributed by atoms with Crippen molar-refractivity contribution in [3.05, 3.63) is 40.3 Å². The maximum atomic E-state index is 12.4. The molecule has 1 atom stereocenters. The lowest BCUT2D eigenvalue weighted by atomic mass is 9.89. The standard InChI is InChI=1S/C20H20N4OS2/c1-12-6-7-13-14(11-21)19(27-17(13)10-12)24-18(25)8-9-26-20-22-15-4-2-3-5-16(15)23-20/h2-5,12H,6-10H2,1H3,(H,22,23)(H,24,25). The van der Waals surface area contributed by atoms with Gasteiger partial charge in [-0.25, -0.2) is 4.98 Å². The van der Waals surface area contributed by atoms with Crippen LogP contribution in [0.15, 0.2) is 29.4 Å². The van der Waals surface area contributed by atoms with Crippen LogP contribution in [0.2, 0.25) is 0 Å². The predicted octanol–water partition coefficient (Wildman–Crippen LogP) is 4.74. The molecule has 2 aromatic heterocycles. The van der Waals surface area contributed by atoms with Crippen LogP contribution in [0.1, 0.15) is 35.8 Å². The number of nitriles is 1. The van der Waals surface area contributed by atoms with E-state index in [1.165, 1.54) is 16.6 Å². The zero-order valence-corrected chi connectivity index (χ0v) is 16.7. The lowest BCUT2D eigenvalue weighted by molar-refractivity contribution is -0.115. The van der Waals surface area contributed by atoms with Crippen molar-refractivity contribution in [1.29, 1.82) is 5.26 Å². The van der Waals surface area contributed by atoms with Crippen LogP contribution in [-0.2, 0) is 17.6 Å². The molecule has 2 N–H and O–H groups in total. The molecule has 1 aliphatic rings. The van der Waals surface area contributed by atoms with Crippen LogP contribution in [0.3, 0.4) is 0 Å². The third-order valence-electron chi connectivity index (χ3n) is 4.81. The summed E-state index contributed by atoms with van der Waals surface area (Å²) in [4.78, 5) is 21.4. The molecule has 1 aromatic carbocycles. The average Bonchev–Trinajstić information content (AvgIpc) is 3.21. The fraction of sp³-hybridized carbons (Fsp3) is 0.350. The second-order valence-electron chi connectivity index (χ2n) is 6.87. The lowest BCUT2D eigenvalue weighted by Gasteiger charge is -2.17. The van der Waals surface area contributed by atoms with E-state index in [2.05, 4.69) is 28.3 Å². The lowest BCUT2D eigenvalue weighted by Crippen LogP contribution is -2.12. The number of nitrogens with zero attached hydrogens (tertiary/aromatic N) is 2. The van der Waals surface area contributed by atoms with Gasteiger partial charge in [-0.1, -0.05) is 30.8 Å². The van der Waals surface area contributed by atoms with Crippen molar-refractivity contribution >= 4 is 45.0 Å². The molecule has 2 heterocycles. The molecule has 7 heteroatoms. The van der Waals surface area contributed by atoms with Crippen molar-refractivity contribution in [2.24, 2.45) is 5.92 Å². The Morgan fingerprint density at radius 2 is 2.33 bits per heavy atom. The fourth-order valence-electron chi connectivity index (χ4n) is 3.38. The summed E-state index contributed by atoms with van der Waals surface area (Å²) in [5.74, 6) is 1.23. The normalized spacial score (nSPS) is 16.1. The minimum Gasteiger partial charge on any atom is -0.333 e. The number of fused-ring (bicyclic) bond motifs is 2. The number of benzene rings is 1. The molecule has 5 nitrogen and oxygen atoms in total. The summed E-state index contributed by atoms with van der Waals surface area (Å²) < 4.78 is 0. The van der Waals surface area contributed by atoms with E-state index in [0.717, 1.165) is 46.0 Å². The number of carbonyl (C=O) groups is 1. The summed E-state index contributed by atoms with van der Waals surface area (Å²) in [7, 11) is 0.